The van der Waals surface area contributed by atoms with Crippen LogP contribution < -0.4 is 5.73 Å². The molecular formula is C16H26N2. The zero-order chi connectivity index (χ0) is 13.2. The van der Waals surface area contributed by atoms with Gasteiger partial charge in [-0.15, -0.1) is 0 Å². The maximum atomic E-state index is 5.77. The summed E-state index contributed by atoms with van der Waals surface area (Å²) in [4.78, 5) is 2.59. The summed E-state index contributed by atoms with van der Waals surface area (Å²) in [6.07, 6.45) is 2.65. The van der Waals surface area contributed by atoms with Crippen LogP contribution in [-0.4, -0.2) is 24.5 Å². The van der Waals surface area contributed by atoms with Crippen LogP contribution >= 0.6 is 0 Å². The smallest absolute Gasteiger partial charge is 0.0314 e. The van der Waals surface area contributed by atoms with Crippen LogP contribution in [0.25, 0.3) is 0 Å². The predicted molar refractivity (Wildman–Crippen MR) is 78.7 cm³/mol. The molecule has 0 aromatic heterocycles. The number of benzene rings is 1. The van der Waals surface area contributed by atoms with Crippen molar-refractivity contribution < 1.29 is 0 Å². The van der Waals surface area contributed by atoms with Crippen molar-refractivity contribution in [1.29, 1.82) is 0 Å². The van der Waals surface area contributed by atoms with Gasteiger partial charge >= 0.3 is 0 Å². The summed E-state index contributed by atoms with van der Waals surface area (Å²) in [7, 11) is 0. The molecule has 100 valence electrons. The maximum Gasteiger partial charge on any atom is 0.0314 e. The average Bonchev–Trinajstić information content (AvgIpc) is 3.09. The maximum absolute atomic E-state index is 5.77. The molecule has 0 amide bonds. The summed E-state index contributed by atoms with van der Waals surface area (Å²) in [5, 5.41) is 0. The van der Waals surface area contributed by atoms with E-state index in [-0.39, 0.29) is 0 Å². The van der Waals surface area contributed by atoms with E-state index >= 15 is 0 Å². The van der Waals surface area contributed by atoms with Crippen LogP contribution in [0.5, 0.6) is 0 Å². The Morgan fingerprint density at radius 3 is 2.28 bits per heavy atom. The standard InChI is InChI=1S/C16H26N2/c1-4-18(11-13(2)3)12-16(9-10-16)14-5-7-15(17)8-6-14/h5-8,13H,4,9-12,17H2,1-3H3. The van der Waals surface area contributed by atoms with Gasteiger partial charge in [0, 0.05) is 24.2 Å². The molecule has 0 unspecified atom stereocenters. The van der Waals surface area contributed by atoms with Gasteiger partial charge in [0.1, 0.15) is 0 Å². The Morgan fingerprint density at radius 2 is 1.83 bits per heavy atom. The zero-order valence-corrected chi connectivity index (χ0v) is 11.9. The minimum atomic E-state index is 0.415. The van der Waals surface area contributed by atoms with Crippen LogP contribution in [0.15, 0.2) is 24.3 Å². The normalized spacial score (nSPS) is 17.4. The van der Waals surface area contributed by atoms with Crippen molar-refractivity contribution in [1.82, 2.24) is 4.90 Å². The number of nitrogens with zero attached hydrogens (tertiary/aromatic N) is 1. The van der Waals surface area contributed by atoms with Crippen LogP contribution in [0.1, 0.15) is 39.2 Å². The molecule has 0 saturated heterocycles. The molecule has 1 aromatic rings. The van der Waals surface area contributed by atoms with E-state index in [1.165, 1.54) is 31.5 Å². The SMILES string of the molecule is CCN(CC(C)C)CC1(c2ccc(N)cc2)CC1. The van der Waals surface area contributed by atoms with E-state index in [1.54, 1.807) is 0 Å². The summed E-state index contributed by atoms with van der Waals surface area (Å²) in [5.41, 5.74) is 8.52. The quantitative estimate of drug-likeness (QED) is 0.781. The average molecular weight is 246 g/mol. The second-order valence-electron chi connectivity index (χ2n) is 6.12. The molecule has 2 rings (SSSR count). The number of nitrogens with two attached hydrogens (primary N) is 1. The first-order valence-corrected chi connectivity index (χ1v) is 7.14. The predicted octanol–water partition coefficient (Wildman–Crippen LogP) is 3.28. The third kappa shape index (κ3) is 3.05. The number of hydrogen-bond acceptors (Lipinski definition) is 2. The molecule has 2 N–H and O–H groups in total. The molecule has 0 aliphatic heterocycles. The van der Waals surface area contributed by atoms with Crippen molar-refractivity contribution >= 4 is 5.69 Å². The van der Waals surface area contributed by atoms with Gasteiger partial charge in [-0.2, -0.15) is 0 Å². The van der Waals surface area contributed by atoms with Gasteiger partial charge in [-0.1, -0.05) is 32.9 Å². The molecule has 1 saturated carbocycles. The molecule has 2 nitrogen and oxygen atoms in total. The van der Waals surface area contributed by atoms with E-state index < -0.39 is 0 Å². The Kier molecular flexibility index (Phi) is 3.96. The van der Waals surface area contributed by atoms with Crippen molar-refractivity contribution in [3.8, 4) is 0 Å². The van der Waals surface area contributed by atoms with Crippen LogP contribution in [-0.2, 0) is 5.41 Å². The van der Waals surface area contributed by atoms with Crippen LogP contribution in [0.4, 0.5) is 5.69 Å². The molecule has 2 heteroatoms. The topological polar surface area (TPSA) is 29.3 Å². The lowest BCUT2D eigenvalue weighted by Gasteiger charge is -2.28. The fourth-order valence-corrected chi connectivity index (χ4v) is 2.78. The first kappa shape index (κ1) is 13.4. The molecule has 1 aliphatic carbocycles. The molecule has 0 radical (unpaired) electrons. The lowest BCUT2D eigenvalue weighted by Crippen LogP contribution is -2.35. The van der Waals surface area contributed by atoms with E-state index in [4.69, 9.17) is 5.73 Å². The number of anilines is 1. The van der Waals surface area contributed by atoms with Gasteiger partial charge in [0.05, 0.1) is 0 Å². The van der Waals surface area contributed by atoms with Gasteiger partial charge < -0.3 is 10.6 Å². The molecular weight excluding hydrogens is 220 g/mol. The summed E-state index contributed by atoms with van der Waals surface area (Å²) >= 11 is 0. The van der Waals surface area contributed by atoms with Crippen molar-refractivity contribution in [3.63, 3.8) is 0 Å². The van der Waals surface area contributed by atoms with Gasteiger partial charge in [-0.3, -0.25) is 0 Å². The molecule has 0 heterocycles. The van der Waals surface area contributed by atoms with Gasteiger partial charge in [0.2, 0.25) is 0 Å². The number of rotatable bonds is 6. The van der Waals surface area contributed by atoms with Crippen molar-refractivity contribution in [2.75, 3.05) is 25.4 Å². The molecule has 18 heavy (non-hydrogen) atoms. The fraction of sp³-hybridized carbons (Fsp3) is 0.625. The van der Waals surface area contributed by atoms with Crippen LogP contribution in [0.2, 0.25) is 0 Å². The Balaban J connectivity index is 2.05. The highest BCUT2D eigenvalue weighted by Gasteiger charge is 2.45. The molecule has 1 aliphatic rings. The van der Waals surface area contributed by atoms with Crippen molar-refractivity contribution in [2.24, 2.45) is 5.92 Å². The second-order valence-corrected chi connectivity index (χ2v) is 6.12. The molecule has 0 spiro atoms. The van der Waals surface area contributed by atoms with E-state index in [0.717, 1.165) is 18.2 Å². The lowest BCUT2D eigenvalue weighted by molar-refractivity contribution is 0.234. The van der Waals surface area contributed by atoms with E-state index in [2.05, 4.69) is 37.8 Å². The highest BCUT2D eigenvalue weighted by Crippen LogP contribution is 2.48. The molecule has 0 atom stereocenters. The van der Waals surface area contributed by atoms with Crippen molar-refractivity contribution in [3.05, 3.63) is 29.8 Å². The minimum absolute atomic E-state index is 0.415. The molecule has 1 aromatic carbocycles. The highest BCUT2D eigenvalue weighted by molar-refractivity contribution is 5.43. The van der Waals surface area contributed by atoms with E-state index in [0.29, 0.717) is 5.41 Å². The number of hydrogen-bond donors (Lipinski definition) is 1. The summed E-state index contributed by atoms with van der Waals surface area (Å²) in [6.45, 7) is 10.4. The monoisotopic (exact) mass is 246 g/mol. The lowest BCUT2D eigenvalue weighted by atomic mass is 9.94. The summed E-state index contributed by atoms with van der Waals surface area (Å²) in [6, 6.07) is 8.50. The van der Waals surface area contributed by atoms with Gasteiger partial charge in [-0.05, 0) is 43.0 Å². The Hall–Kier alpha value is -1.02. The third-order valence-electron chi connectivity index (χ3n) is 3.97. The van der Waals surface area contributed by atoms with Gasteiger partial charge in [0.15, 0.2) is 0 Å². The Bertz CT molecular complexity index is 377. The van der Waals surface area contributed by atoms with Crippen molar-refractivity contribution in [2.45, 2.75) is 39.0 Å². The second kappa shape index (κ2) is 5.31. The van der Waals surface area contributed by atoms with Crippen LogP contribution in [0.3, 0.4) is 0 Å². The Morgan fingerprint density at radius 1 is 1.22 bits per heavy atom. The largest absolute Gasteiger partial charge is 0.399 e. The van der Waals surface area contributed by atoms with Crippen LogP contribution in [0, 0.1) is 5.92 Å². The van der Waals surface area contributed by atoms with Gasteiger partial charge in [0.25, 0.3) is 0 Å². The number of nitrogen functional groups attached to an aromatic ring is 1. The minimum Gasteiger partial charge on any atom is -0.399 e. The highest BCUT2D eigenvalue weighted by atomic mass is 15.1. The van der Waals surface area contributed by atoms with Gasteiger partial charge in [-0.25, -0.2) is 0 Å². The van der Waals surface area contributed by atoms with E-state index in [1.807, 2.05) is 12.1 Å². The zero-order valence-electron chi connectivity index (χ0n) is 11.9. The molecule has 0 bridgehead atoms. The first-order chi connectivity index (χ1) is 8.55. The molecule has 1 fully saturated rings. The first-order valence-electron chi connectivity index (χ1n) is 7.14. The fourth-order valence-electron chi connectivity index (χ4n) is 2.78. The Labute approximate surface area is 111 Å². The summed E-state index contributed by atoms with van der Waals surface area (Å²) in [5.74, 6) is 0.743. The van der Waals surface area contributed by atoms with E-state index in [9.17, 15) is 0 Å². The third-order valence-corrected chi connectivity index (χ3v) is 3.97. The number of likely N-dealkylation sites (N-methyl/N-ethyl adjacent to an activating group) is 1. The summed E-state index contributed by atoms with van der Waals surface area (Å²) < 4.78 is 0.